The van der Waals surface area contributed by atoms with Gasteiger partial charge in [-0.15, -0.1) is 0 Å². The minimum absolute atomic E-state index is 0.190. The van der Waals surface area contributed by atoms with Crippen molar-refractivity contribution in [2.45, 2.75) is 19.5 Å². The molecule has 2 heterocycles. The van der Waals surface area contributed by atoms with Gasteiger partial charge in [-0.25, -0.2) is 0 Å². The summed E-state index contributed by atoms with van der Waals surface area (Å²) in [5, 5.41) is 7.19. The van der Waals surface area contributed by atoms with Crippen LogP contribution in [0.15, 0.2) is 18.5 Å². The van der Waals surface area contributed by atoms with Crippen molar-refractivity contribution in [2.24, 2.45) is 0 Å². The Bertz CT molecular complexity index is 453. The Morgan fingerprint density at radius 3 is 2.78 bits per heavy atom. The van der Waals surface area contributed by atoms with Crippen LogP contribution in [0.1, 0.15) is 6.92 Å². The predicted molar refractivity (Wildman–Crippen MR) is 68.2 cm³/mol. The molecule has 1 fully saturated rings. The number of hydrogen-bond acceptors (Lipinski definition) is 4. The Labute approximate surface area is 107 Å². The van der Waals surface area contributed by atoms with Crippen LogP contribution in [0.3, 0.4) is 0 Å². The Morgan fingerprint density at radius 1 is 1.44 bits per heavy atom. The summed E-state index contributed by atoms with van der Waals surface area (Å²) in [6, 6.07) is 1.63. The van der Waals surface area contributed by atoms with Crippen molar-refractivity contribution >= 4 is 10.2 Å². The summed E-state index contributed by atoms with van der Waals surface area (Å²) in [5.74, 6) is 0. The molecular formula is C10H19N5O2S. The fraction of sp³-hybridized carbons (Fsp3) is 0.700. The molecule has 1 unspecified atom stereocenters. The van der Waals surface area contributed by atoms with Crippen molar-refractivity contribution < 1.29 is 8.42 Å². The van der Waals surface area contributed by atoms with Crippen molar-refractivity contribution in [3.63, 3.8) is 0 Å². The number of nitrogens with one attached hydrogen (secondary N) is 2. The Kier molecular flexibility index (Phi) is 4.33. The molecule has 0 amide bonds. The second kappa shape index (κ2) is 5.79. The molecule has 2 rings (SSSR count). The molecule has 1 saturated heterocycles. The van der Waals surface area contributed by atoms with Gasteiger partial charge in [-0.2, -0.15) is 22.5 Å². The van der Waals surface area contributed by atoms with Crippen LogP contribution < -0.4 is 10.0 Å². The highest BCUT2D eigenvalue weighted by molar-refractivity contribution is 7.87. The van der Waals surface area contributed by atoms with Gasteiger partial charge >= 0.3 is 0 Å². The van der Waals surface area contributed by atoms with E-state index in [1.165, 1.54) is 4.31 Å². The van der Waals surface area contributed by atoms with Crippen molar-refractivity contribution in [3.8, 4) is 0 Å². The van der Waals surface area contributed by atoms with E-state index in [2.05, 4.69) is 15.1 Å². The molecule has 18 heavy (non-hydrogen) atoms. The average Bonchev–Trinajstić information content (AvgIpc) is 2.82. The zero-order valence-electron chi connectivity index (χ0n) is 10.4. The smallest absolute Gasteiger partial charge is 0.279 e. The first kappa shape index (κ1) is 13.5. The highest BCUT2D eigenvalue weighted by Gasteiger charge is 2.25. The first-order valence-corrected chi connectivity index (χ1v) is 7.47. The number of aromatic nitrogens is 2. The zero-order valence-corrected chi connectivity index (χ0v) is 11.2. The maximum absolute atomic E-state index is 12.1. The largest absolute Gasteiger partial charge is 0.314 e. The van der Waals surface area contributed by atoms with Gasteiger partial charge in [0.15, 0.2) is 0 Å². The summed E-state index contributed by atoms with van der Waals surface area (Å²) < 4.78 is 30.0. The quantitative estimate of drug-likeness (QED) is 0.722. The number of nitrogens with zero attached hydrogens (tertiary/aromatic N) is 3. The van der Waals surface area contributed by atoms with Crippen LogP contribution >= 0.6 is 0 Å². The summed E-state index contributed by atoms with van der Waals surface area (Å²) in [6.45, 7) is 4.80. The summed E-state index contributed by atoms with van der Waals surface area (Å²) in [4.78, 5) is 0. The maximum Gasteiger partial charge on any atom is 0.279 e. The second-order valence-electron chi connectivity index (χ2n) is 4.40. The molecule has 7 nitrogen and oxygen atoms in total. The normalized spacial score (nSPS) is 19.8. The SMILES string of the molecule is CC(Cn1cccn1)NS(=O)(=O)N1CCNCC1. The van der Waals surface area contributed by atoms with Gasteiger partial charge in [0.05, 0.1) is 6.54 Å². The van der Waals surface area contributed by atoms with Gasteiger partial charge in [0.25, 0.3) is 10.2 Å². The van der Waals surface area contributed by atoms with E-state index in [0.29, 0.717) is 32.7 Å². The van der Waals surface area contributed by atoms with E-state index in [0.717, 1.165) is 0 Å². The monoisotopic (exact) mass is 273 g/mol. The van der Waals surface area contributed by atoms with Crippen LogP contribution in [0.4, 0.5) is 0 Å². The van der Waals surface area contributed by atoms with Crippen LogP contribution in [0, 0.1) is 0 Å². The molecule has 8 heteroatoms. The fourth-order valence-electron chi connectivity index (χ4n) is 1.94. The first-order valence-electron chi connectivity index (χ1n) is 6.03. The van der Waals surface area contributed by atoms with E-state index >= 15 is 0 Å². The summed E-state index contributed by atoms with van der Waals surface area (Å²) in [5.41, 5.74) is 0. The molecule has 1 aliphatic heterocycles. The van der Waals surface area contributed by atoms with Gasteiger partial charge in [0.2, 0.25) is 0 Å². The van der Waals surface area contributed by atoms with Crippen molar-refractivity contribution in [2.75, 3.05) is 26.2 Å². The third-order valence-corrected chi connectivity index (χ3v) is 4.53. The number of piperazine rings is 1. The minimum atomic E-state index is -3.38. The van der Waals surface area contributed by atoms with E-state index in [9.17, 15) is 8.42 Å². The third-order valence-electron chi connectivity index (χ3n) is 2.79. The number of rotatable bonds is 5. The summed E-state index contributed by atoms with van der Waals surface area (Å²) in [6.07, 6.45) is 3.49. The molecular weight excluding hydrogens is 254 g/mol. The van der Waals surface area contributed by atoms with E-state index in [-0.39, 0.29) is 6.04 Å². The molecule has 0 aliphatic carbocycles. The lowest BCUT2D eigenvalue weighted by Gasteiger charge is -2.28. The van der Waals surface area contributed by atoms with E-state index < -0.39 is 10.2 Å². The van der Waals surface area contributed by atoms with Crippen LogP contribution in [0.5, 0.6) is 0 Å². The van der Waals surface area contributed by atoms with Crippen LogP contribution in [-0.2, 0) is 16.8 Å². The van der Waals surface area contributed by atoms with Gasteiger partial charge < -0.3 is 5.32 Å². The fourth-order valence-corrected chi connectivity index (χ4v) is 3.34. The van der Waals surface area contributed by atoms with E-state index in [1.54, 1.807) is 10.9 Å². The zero-order chi connectivity index (χ0) is 13.0. The van der Waals surface area contributed by atoms with Gasteiger partial charge in [0, 0.05) is 44.6 Å². The molecule has 0 radical (unpaired) electrons. The van der Waals surface area contributed by atoms with Gasteiger partial charge in [-0.3, -0.25) is 4.68 Å². The molecule has 0 bridgehead atoms. The van der Waals surface area contributed by atoms with E-state index in [4.69, 9.17) is 0 Å². The summed E-state index contributed by atoms with van der Waals surface area (Å²) >= 11 is 0. The average molecular weight is 273 g/mol. The Balaban J connectivity index is 1.90. The predicted octanol–water partition coefficient (Wildman–Crippen LogP) is -0.989. The molecule has 102 valence electrons. The molecule has 1 aromatic rings. The number of hydrogen-bond donors (Lipinski definition) is 2. The Hall–Kier alpha value is -0.960. The van der Waals surface area contributed by atoms with Crippen molar-refractivity contribution in [3.05, 3.63) is 18.5 Å². The lowest BCUT2D eigenvalue weighted by atomic mass is 10.4. The lowest BCUT2D eigenvalue weighted by molar-refractivity contribution is 0.349. The molecule has 1 aliphatic rings. The van der Waals surface area contributed by atoms with Crippen molar-refractivity contribution in [1.29, 1.82) is 0 Å². The molecule has 0 spiro atoms. The van der Waals surface area contributed by atoms with E-state index in [1.807, 2.05) is 19.2 Å². The standard InChI is InChI=1S/C10H19N5O2S/c1-10(9-14-6-2-3-12-14)13-18(16,17)15-7-4-11-5-8-15/h2-3,6,10-11,13H,4-5,7-9H2,1H3. The van der Waals surface area contributed by atoms with Gasteiger partial charge in [0.1, 0.15) is 0 Å². The van der Waals surface area contributed by atoms with Crippen LogP contribution in [0.25, 0.3) is 0 Å². The highest BCUT2D eigenvalue weighted by Crippen LogP contribution is 2.02. The second-order valence-corrected chi connectivity index (χ2v) is 6.10. The molecule has 2 N–H and O–H groups in total. The lowest BCUT2D eigenvalue weighted by Crippen LogP contribution is -2.52. The Morgan fingerprint density at radius 2 is 2.17 bits per heavy atom. The first-order chi connectivity index (χ1) is 8.58. The van der Waals surface area contributed by atoms with Gasteiger partial charge in [-0.05, 0) is 13.0 Å². The van der Waals surface area contributed by atoms with Crippen LogP contribution in [0.2, 0.25) is 0 Å². The minimum Gasteiger partial charge on any atom is -0.314 e. The molecule has 0 saturated carbocycles. The topological polar surface area (TPSA) is 79.3 Å². The van der Waals surface area contributed by atoms with Gasteiger partial charge in [-0.1, -0.05) is 0 Å². The molecule has 1 atom stereocenters. The molecule has 0 aromatic carbocycles. The molecule has 1 aromatic heterocycles. The summed E-state index contributed by atoms with van der Waals surface area (Å²) in [7, 11) is -3.38. The maximum atomic E-state index is 12.1. The van der Waals surface area contributed by atoms with Crippen LogP contribution in [-0.4, -0.2) is 54.7 Å². The van der Waals surface area contributed by atoms with Crippen molar-refractivity contribution in [1.82, 2.24) is 24.1 Å². The highest BCUT2D eigenvalue weighted by atomic mass is 32.2. The third kappa shape index (κ3) is 3.52.